The molecule has 0 radical (unpaired) electrons. The number of fused-ring (bicyclic) bond motifs is 3. The summed E-state index contributed by atoms with van der Waals surface area (Å²) in [4.78, 5) is 13.7. The van der Waals surface area contributed by atoms with E-state index in [1.807, 2.05) is 60.7 Å². The highest BCUT2D eigenvalue weighted by atomic mass is 16.5. The van der Waals surface area contributed by atoms with Crippen molar-refractivity contribution in [3.63, 3.8) is 0 Å². The molecular formula is C27H26O5. The predicted octanol–water partition coefficient (Wildman–Crippen LogP) is 4.15. The number of rotatable bonds is 5. The van der Waals surface area contributed by atoms with Gasteiger partial charge in [-0.15, -0.1) is 0 Å². The summed E-state index contributed by atoms with van der Waals surface area (Å²) < 4.78 is 16.5. The fraction of sp³-hybridized carbons (Fsp3) is 0.296. The van der Waals surface area contributed by atoms with Crippen LogP contribution in [0.15, 0.2) is 66.7 Å². The van der Waals surface area contributed by atoms with Crippen LogP contribution in [0.5, 0.6) is 17.2 Å². The van der Waals surface area contributed by atoms with E-state index in [4.69, 9.17) is 14.2 Å². The second-order valence-corrected chi connectivity index (χ2v) is 8.54. The lowest BCUT2D eigenvalue weighted by molar-refractivity contribution is -0.138. The van der Waals surface area contributed by atoms with Gasteiger partial charge < -0.3 is 19.3 Å². The van der Waals surface area contributed by atoms with Gasteiger partial charge in [0, 0.05) is 29.4 Å². The maximum Gasteiger partial charge on any atom is 0.170 e. The van der Waals surface area contributed by atoms with Crippen LogP contribution in [0.25, 0.3) is 0 Å². The average Bonchev–Trinajstić information content (AvgIpc) is 3.24. The van der Waals surface area contributed by atoms with Crippen molar-refractivity contribution in [2.24, 2.45) is 0 Å². The third-order valence-electron chi connectivity index (χ3n) is 7.28. The highest BCUT2D eigenvalue weighted by Crippen LogP contribution is 2.66. The number of hydrogen-bond donors (Lipinski definition) is 1. The summed E-state index contributed by atoms with van der Waals surface area (Å²) in [7, 11) is 4.78. The second-order valence-electron chi connectivity index (χ2n) is 8.54. The van der Waals surface area contributed by atoms with Gasteiger partial charge in [-0.1, -0.05) is 42.5 Å². The molecule has 0 heterocycles. The van der Waals surface area contributed by atoms with Gasteiger partial charge in [0.15, 0.2) is 11.4 Å². The van der Waals surface area contributed by atoms with E-state index in [9.17, 15) is 9.90 Å². The summed E-state index contributed by atoms with van der Waals surface area (Å²) in [6.45, 7) is 0. The van der Waals surface area contributed by atoms with Gasteiger partial charge in [-0.2, -0.15) is 0 Å². The maximum absolute atomic E-state index is 13.7. The van der Waals surface area contributed by atoms with E-state index < -0.39 is 11.0 Å². The minimum Gasteiger partial charge on any atom is -0.497 e. The highest BCUT2D eigenvalue weighted by Gasteiger charge is 2.71. The number of hydrogen-bond acceptors (Lipinski definition) is 5. The van der Waals surface area contributed by atoms with Crippen LogP contribution >= 0.6 is 0 Å². The van der Waals surface area contributed by atoms with Crippen LogP contribution in [-0.4, -0.2) is 32.2 Å². The number of Topliss-reactive ketones (excluding diaryl/α,β-unsaturated/α-hetero) is 1. The molecule has 1 saturated carbocycles. The molecule has 2 aliphatic carbocycles. The molecule has 1 fully saturated rings. The molecule has 0 amide bonds. The Kier molecular flexibility index (Phi) is 4.75. The predicted molar refractivity (Wildman–Crippen MR) is 121 cm³/mol. The van der Waals surface area contributed by atoms with Crippen molar-refractivity contribution in [2.45, 2.75) is 29.8 Å². The molecule has 3 aromatic rings. The molecule has 2 aliphatic rings. The zero-order valence-electron chi connectivity index (χ0n) is 18.4. The van der Waals surface area contributed by atoms with Crippen LogP contribution in [0, 0.1) is 0 Å². The Morgan fingerprint density at radius 1 is 0.875 bits per heavy atom. The van der Waals surface area contributed by atoms with E-state index in [-0.39, 0.29) is 18.1 Å². The molecule has 5 heteroatoms. The Morgan fingerprint density at radius 2 is 1.56 bits per heavy atom. The standard InChI is InChI=1S/C27H26O5/c1-30-20-11-9-19(10-12-20)26-16-18-13-21(31-2)14-23(32-3)25(18)27(26,29)24(28)15-22(26)17-7-5-4-6-8-17/h4-14,22,29H,15-16H2,1-3H3/t22-,26+,27+/m0/s1. The molecule has 0 spiro atoms. The van der Waals surface area contributed by atoms with Gasteiger partial charge in [-0.05, 0) is 41.3 Å². The lowest BCUT2D eigenvalue weighted by Crippen LogP contribution is -2.48. The number of carbonyl (C=O) groups is 1. The van der Waals surface area contributed by atoms with E-state index in [2.05, 4.69) is 0 Å². The Bertz CT molecular complexity index is 1170. The Labute approximate surface area is 187 Å². The van der Waals surface area contributed by atoms with Crippen molar-refractivity contribution in [1.82, 2.24) is 0 Å². The molecule has 32 heavy (non-hydrogen) atoms. The largest absolute Gasteiger partial charge is 0.497 e. The van der Waals surface area contributed by atoms with E-state index in [1.165, 1.54) is 0 Å². The molecule has 164 valence electrons. The van der Waals surface area contributed by atoms with Crippen molar-refractivity contribution in [3.8, 4) is 17.2 Å². The fourth-order valence-electron chi connectivity index (χ4n) is 5.88. The van der Waals surface area contributed by atoms with Gasteiger partial charge in [0.2, 0.25) is 0 Å². The quantitative estimate of drug-likeness (QED) is 0.659. The molecule has 5 nitrogen and oxygen atoms in total. The second kappa shape index (κ2) is 7.38. The molecule has 1 N–H and O–H groups in total. The molecule has 0 saturated heterocycles. The molecule has 0 aliphatic heterocycles. The molecular weight excluding hydrogens is 404 g/mol. The molecule has 0 unspecified atom stereocenters. The van der Waals surface area contributed by atoms with E-state index in [1.54, 1.807) is 27.4 Å². The fourth-order valence-corrected chi connectivity index (χ4v) is 5.88. The first-order valence-electron chi connectivity index (χ1n) is 10.7. The van der Waals surface area contributed by atoms with E-state index in [0.29, 0.717) is 23.5 Å². The SMILES string of the molecule is COc1ccc([C@@]23Cc4cc(OC)cc(OC)c4[C@]2(O)C(=O)C[C@H]3c2ccccc2)cc1. The highest BCUT2D eigenvalue weighted by molar-refractivity contribution is 5.97. The number of ketones is 1. The molecule has 3 atom stereocenters. The van der Waals surface area contributed by atoms with Gasteiger partial charge in [-0.3, -0.25) is 4.79 Å². The zero-order valence-corrected chi connectivity index (χ0v) is 18.4. The Balaban J connectivity index is 1.81. The van der Waals surface area contributed by atoms with Crippen molar-refractivity contribution in [3.05, 3.63) is 89.0 Å². The molecule has 0 bridgehead atoms. The number of aliphatic hydroxyl groups is 1. The zero-order chi connectivity index (χ0) is 22.5. The summed E-state index contributed by atoms with van der Waals surface area (Å²) in [6, 6.07) is 21.3. The average molecular weight is 431 g/mol. The lowest BCUT2D eigenvalue weighted by Gasteiger charge is -2.41. The maximum atomic E-state index is 13.7. The van der Waals surface area contributed by atoms with E-state index in [0.717, 1.165) is 22.4 Å². The lowest BCUT2D eigenvalue weighted by atomic mass is 9.63. The Morgan fingerprint density at radius 3 is 2.19 bits per heavy atom. The third-order valence-corrected chi connectivity index (χ3v) is 7.28. The van der Waals surface area contributed by atoms with E-state index >= 15 is 0 Å². The summed E-state index contributed by atoms with van der Waals surface area (Å²) >= 11 is 0. The summed E-state index contributed by atoms with van der Waals surface area (Å²) in [5, 5.41) is 12.4. The van der Waals surface area contributed by atoms with Crippen molar-refractivity contribution in [2.75, 3.05) is 21.3 Å². The first-order chi connectivity index (χ1) is 15.5. The molecule has 5 rings (SSSR count). The summed E-state index contributed by atoms with van der Waals surface area (Å²) in [5.41, 5.74) is 0.770. The molecule has 0 aromatic heterocycles. The third kappa shape index (κ3) is 2.58. The van der Waals surface area contributed by atoms with Crippen LogP contribution in [0.2, 0.25) is 0 Å². The topological polar surface area (TPSA) is 65.0 Å². The first-order valence-corrected chi connectivity index (χ1v) is 10.7. The van der Waals surface area contributed by atoms with Crippen molar-refractivity contribution >= 4 is 5.78 Å². The van der Waals surface area contributed by atoms with Crippen molar-refractivity contribution < 1.29 is 24.1 Å². The van der Waals surface area contributed by atoms with Crippen LogP contribution in [0.3, 0.4) is 0 Å². The number of benzene rings is 3. The van der Waals surface area contributed by atoms with Crippen LogP contribution in [0.4, 0.5) is 0 Å². The van der Waals surface area contributed by atoms with Gasteiger partial charge >= 0.3 is 0 Å². The summed E-state index contributed by atoms with van der Waals surface area (Å²) in [6.07, 6.45) is 0.741. The van der Waals surface area contributed by atoms with Crippen LogP contribution < -0.4 is 14.2 Å². The van der Waals surface area contributed by atoms with Gasteiger partial charge in [0.25, 0.3) is 0 Å². The number of carbonyl (C=O) groups excluding carboxylic acids is 1. The minimum absolute atomic E-state index is 0.190. The normalized spacial score (nSPS) is 25.9. The van der Waals surface area contributed by atoms with Gasteiger partial charge in [0.05, 0.1) is 21.3 Å². The van der Waals surface area contributed by atoms with Crippen molar-refractivity contribution in [1.29, 1.82) is 0 Å². The van der Waals surface area contributed by atoms with Crippen LogP contribution in [-0.2, 0) is 22.2 Å². The number of methoxy groups -OCH3 is 3. The smallest absolute Gasteiger partial charge is 0.170 e. The Hall–Kier alpha value is -3.31. The monoisotopic (exact) mass is 430 g/mol. The van der Waals surface area contributed by atoms with Gasteiger partial charge in [0.1, 0.15) is 17.2 Å². The number of ether oxygens (including phenoxy) is 3. The summed E-state index contributed by atoms with van der Waals surface area (Å²) in [5.74, 6) is 1.45. The van der Waals surface area contributed by atoms with Gasteiger partial charge in [-0.25, -0.2) is 0 Å². The first kappa shape index (κ1) is 20.6. The van der Waals surface area contributed by atoms with Crippen LogP contribution in [0.1, 0.15) is 34.6 Å². The minimum atomic E-state index is -1.71. The molecule has 3 aromatic carbocycles.